The van der Waals surface area contributed by atoms with Gasteiger partial charge in [-0.2, -0.15) is 0 Å². The number of nitrogens with one attached hydrogen (secondary N) is 1. The van der Waals surface area contributed by atoms with Crippen LogP contribution in [0.2, 0.25) is 0 Å². The number of ether oxygens (including phenoxy) is 2. The highest BCUT2D eigenvalue weighted by atomic mass is 16.6. The van der Waals surface area contributed by atoms with Gasteiger partial charge in [0.2, 0.25) is 0 Å². The molecule has 0 fully saturated rings. The van der Waals surface area contributed by atoms with Crippen LogP contribution < -0.4 is 14.8 Å². The second kappa shape index (κ2) is 6.61. The van der Waals surface area contributed by atoms with E-state index in [1.807, 2.05) is 44.2 Å². The van der Waals surface area contributed by atoms with Crippen molar-refractivity contribution in [2.45, 2.75) is 13.8 Å². The molecule has 0 saturated carbocycles. The molecule has 1 N–H and O–H groups in total. The Kier molecular flexibility index (Phi) is 4.60. The summed E-state index contributed by atoms with van der Waals surface area (Å²) in [5.74, 6) is 1.26. The van der Waals surface area contributed by atoms with Gasteiger partial charge in [0.05, 0.1) is 6.61 Å². The van der Waals surface area contributed by atoms with Gasteiger partial charge in [-0.05, 0) is 37.6 Å². The fourth-order valence-corrected chi connectivity index (χ4v) is 1.73. The van der Waals surface area contributed by atoms with E-state index in [4.69, 9.17) is 9.47 Å². The van der Waals surface area contributed by atoms with Crippen LogP contribution in [0.4, 0.5) is 10.5 Å². The Hall–Kier alpha value is -2.49. The van der Waals surface area contributed by atoms with Gasteiger partial charge < -0.3 is 9.47 Å². The van der Waals surface area contributed by atoms with E-state index in [-0.39, 0.29) is 0 Å². The largest absolute Gasteiger partial charge is 0.494 e. The van der Waals surface area contributed by atoms with Crippen LogP contribution in [0.25, 0.3) is 0 Å². The molecule has 0 radical (unpaired) electrons. The summed E-state index contributed by atoms with van der Waals surface area (Å²) in [6, 6.07) is 14.4. The molecule has 2 rings (SSSR count). The van der Waals surface area contributed by atoms with Crippen LogP contribution in [-0.2, 0) is 0 Å². The number of anilines is 1. The maximum atomic E-state index is 11.8. The topological polar surface area (TPSA) is 47.6 Å². The third-order valence-corrected chi connectivity index (χ3v) is 2.69. The lowest BCUT2D eigenvalue weighted by atomic mass is 10.2. The normalized spacial score (nSPS) is 9.90. The summed E-state index contributed by atoms with van der Waals surface area (Å²) >= 11 is 0. The molecule has 20 heavy (non-hydrogen) atoms. The number of amides is 1. The van der Waals surface area contributed by atoms with Crippen molar-refractivity contribution in [3.8, 4) is 11.5 Å². The maximum Gasteiger partial charge on any atom is 0.417 e. The van der Waals surface area contributed by atoms with Crippen LogP contribution in [0.15, 0.2) is 48.5 Å². The van der Waals surface area contributed by atoms with E-state index >= 15 is 0 Å². The van der Waals surface area contributed by atoms with E-state index in [9.17, 15) is 4.79 Å². The van der Waals surface area contributed by atoms with E-state index in [2.05, 4.69) is 5.32 Å². The quantitative estimate of drug-likeness (QED) is 0.914. The SMILES string of the molecule is CCOc1cc(NC(=O)Oc2ccccc2)ccc1C. The number of aryl methyl sites for hydroxylation is 1. The monoisotopic (exact) mass is 271 g/mol. The molecule has 0 aliphatic heterocycles. The van der Waals surface area contributed by atoms with Crippen molar-refractivity contribution in [2.75, 3.05) is 11.9 Å². The minimum Gasteiger partial charge on any atom is -0.494 e. The summed E-state index contributed by atoms with van der Waals surface area (Å²) in [6.07, 6.45) is -0.525. The van der Waals surface area contributed by atoms with Gasteiger partial charge in [-0.25, -0.2) is 4.79 Å². The van der Waals surface area contributed by atoms with Gasteiger partial charge in [-0.15, -0.1) is 0 Å². The first kappa shape index (κ1) is 13.9. The lowest BCUT2D eigenvalue weighted by Crippen LogP contribution is -2.16. The molecule has 0 heterocycles. The molecule has 0 unspecified atom stereocenters. The van der Waals surface area contributed by atoms with E-state index in [1.54, 1.807) is 18.2 Å². The Bertz CT molecular complexity index is 582. The summed E-state index contributed by atoms with van der Waals surface area (Å²) < 4.78 is 10.6. The summed E-state index contributed by atoms with van der Waals surface area (Å²) in [5.41, 5.74) is 1.66. The molecule has 4 nitrogen and oxygen atoms in total. The molecule has 0 atom stereocenters. The number of rotatable bonds is 4. The molecule has 104 valence electrons. The molecule has 0 aliphatic carbocycles. The Balaban J connectivity index is 2.02. The van der Waals surface area contributed by atoms with Gasteiger partial charge in [0, 0.05) is 11.8 Å². The van der Waals surface area contributed by atoms with E-state index in [0.29, 0.717) is 18.0 Å². The standard InChI is InChI=1S/C16H17NO3/c1-3-19-15-11-13(10-9-12(15)2)17-16(18)20-14-7-5-4-6-8-14/h4-11H,3H2,1-2H3,(H,17,18). The van der Waals surface area contributed by atoms with Crippen molar-refractivity contribution in [1.82, 2.24) is 0 Å². The molecular formula is C16H17NO3. The second-order valence-electron chi connectivity index (χ2n) is 4.24. The summed E-state index contributed by atoms with van der Waals surface area (Å²) in [5, 5.41) is 2.68. The number of hydrogen-bond donors (Lipinski definition) is 1. The highest BCUT2D eigenvalue weighted by Gasteiger charge is 2.07. The predicted molar refractivity (Wildman–Crippen MR) is 78.4 cm³/mol. The molecule has 2 aromatic carbocycles. The number of carbonyl (C=O) groups is 1. The molecule has 0 aliphatic rings. The van der Waals surface area contributed by atoms with Crippen LogP contribution in [0.3, 0.4) is 0 Å². The molecule has 0 saturated heterocycles. The third-order valence-electron chi connectivity index (χ3n) is 2.69. The van der Waals surface area contributed by atoms with Crippen molar-refractivity contribution in [3.05, 3.63) is 54.1 Å². The highest BCUT2D eigenvalue weighted by molar-refractivity contribution is 5.86. The van der Waals surface area contributed by atoms with Crippen LogP contribution >= 0.6 is 0 Å². The maximum absolute atomic E-state index is 11.8. The number of benzene rings is 2. The van der Waals surface area contributed by atoms with Crippen molar-refractivity contribution >= 4 is 11.8 Å². The average Bonchev–Trinajstić information content (AvgIpc) is 2.44. The second-order valence-corrected chi connectivity index (χ2v) is 4.24. The Morgan fingerprint density at radius 3 is 2.60 bits per heavy atom. The first-order valence-corrected chi connectivity index (χ1v) is 6.46. The van der Waals surface area contributed by atoms with Gasteiger partial charge in [0.1, 0.15) is 11.5 Å². The van der Waals surface area contributed by atoms with Crippen LogP contribution in [0.5, 0.6) is 11.5 Å². The molecule has 0 spiro atoms. The molecule has 0 bridgehead atoms. The first-order valence-electron chi connectivity index (χ1n) is 6.46. The molecule has 1 amide bonds. The van der Waals surface area contributed by atoms with Gasteiger partial charge in [-0.3, -0.25) is 5.32 Å². The Labute approximate surface area is 118 Å². The van der Waals surface area contributed by atoms with Gasteiger partial charge in [0.15, 0.2) is 0 Å². The predicted octanol–water partition coefficient (Wildman–Crippen LogP) is 4.00. The van der Waals surface area contributed by atoms with Crippen LogP contribution in [0, 0.1) is 6.92 Å². The Morgan fingerprint density at radius 2 is 1.90 bits per heavy atom. The molecule has 4 heteroatoms. The molecule has 0 aromatic heterocycles. The molecular weight excluding hydrogens is 254 g/mol. The number of para-hydroxylation sites is 1. The van der Waals surface area contributed by atoms with E-state index in [1.165, 1.54) is 0 Å². The first-order chi connectivity index (χ1) is 9.69. The van der Waals surface area contributed by atoms with Crippen molar-refractivity contribution < 1.29 is 14.3 Å². The van der Waals surface area contributed by atoms with Crippen molar-refractivity contribution in [1.29, 1.82) is 0 Å². The third kappa shape index (κ3) is 3.75. The minimum absolute atomic E-state index is 0.502. The molecule has 2 aromatic rings. The van der Waals surface area contributed by atoms with Gasteiger partial charge in [0.25, 0.3) is 0 Å². The van der Waals surface area contributed by atoms with E-state index in [0.717, 1.165) is 11.3 Å². The number of hydrogen-bond acceptors (Lipinski definition) is 3. The van der Waals surface area contributed by atoms with Crippen LogP contribution in [0.1, 0.15) is 12.5 Å². The fourth-order valence-electron chi connectivity index (χ4n) is 1.73. The summed E-state index contributed by atoms with van der Waals surface area (Å²) in [7, 11) is 0. The zero-order chi connectivity index (χ0) is 14.4. The van der Waals surface area contributed by atoms with Crippen molar-refractivity contribution in [2.24, 2.45) is 0 Å². The smallest absolute Gasteiger partial charge is 0.417 e. The highest BCUT2D eigenvalue weighted by Crippen LogP contribution is 2.23. The minimum atomic E-state index is -0.525. The zero-order valence-corrected chi connectivity index (χ0v) is 11.6. The Morgan fingerprint density at radius 1 is 1.15 bits per heavy atom. The average molecular weight is 271 g/mol. The lowest BCUT2D eigenvalue weighted by Gasteiger charge is -2.10. The van der Waals surface area contributed by atoms with Gasteiger partial charge >= 0.3 is 6.09 Å². The number of carbonyl (C=O) groups excluding carboxylic acids is 1. The van der Waals surface area contributed by atoms with Crippen molar-refractivity contribution in [3.63, 3.8) is 0 Å². The van der Waals surface area contributed by atoms with Crippen LogP contribution in [-0.4, -0.2) is 12.7 Å². The lowest BCUT2D eigenvalue weighted by molar-refractivity contribution is 0.215. The van der Waals surface area contributed by atoms with Gasteiger partial charge in [-0.1, -0.05) is 24.3 Å². The zero-order valence-electron chi connectivity index (χ0n) is 11.6. The summed E-state index contributed by atoms with van der Waals surface area (Å²) in [4.78, 5) is 11.8. The van der Waals surface area contributed by atoms with E-state index < -0.39 is 6.09 Å². The fraction of sp³-hybridized carbons (Fsp3) is 0.188. The summed E-state index contributed by atoms with van der Waals surface area (Å²) in [6.45, 7) is 4.46.